The fourth-order valence-corrected chi connectivity index (χ4v) is 5.14. The van der Waals surface area contributed by atoms with E-state index in [-0.39, 0.29) is 0 Å². The van der Waals surface area contributed by atoms with E-state index in [1.54, 1.807) is 0 Å². The van der Waals surface area contributed by atoms with Crippen LogP contribution in [0.2, 0.25) is 0 Å². The maximum Gasteiger partial charge on any atom is 0.223 e. The second-order valence-corrected chi connectivity index (χ2v) is 9.29. The van der Waals surface area contributed by atoms with Crippen LogP contribution in [0, 0.1) is 5.92 Å². The third-order valence-electron chi connectivity index (χ3n) is 7.11. The molecule has 1 saturated heterocycles. The Labute approximate surface area is 174 Å². The van der Waals surface area contributed by atoms with Crippen molar-refractivity contribution in [1.82, 2.24) is 24.6 Å². The Morgan fingerprint density at radius 1 is 1.03 bits per heavy atom. The van der Waals surface area contributed by atoms with Crippen LogP contribution >= 0.6 is 0 Å². The highest BCUT2D eigenvalue weighted by Gasteiger charge is 2.28. The van der Waals surface area contributed by atoms with Gasteiger partial charge in [-0.25, -0.2) is 9.97 Å². The van der Waals surface area contributed by atoms with Crippen LogP contribution < -0.4 is 5.32 Å². The summed E-state index contributed by atoms with van der Waals surface area (Å²) in [5.74, 6) is 1.60. The lowest BCUT2D eigenvalue weighted by molar-refractivity contribution is 0.127. The number of aromatic nitrogens is 4. The van der Waals surface area contributed by atoms with E-state index in [4.69, 9.17) is 4.98 Å². The molecule has 3 aliphatic rings. The minimum absolute atomic E-state index is 0.492. The van der Waals surface area contributed by atoms with Crippen molar-refractivity contribution in [1.29, 1.82) is 0 Å². The molecule has 5 rings (SSSR count). The number of anilines is 1. The fraction of sp³-hybridized carbons (Fsp3) is 0.696. The summed E-state index contributed by atoms with van der Waals surface area (Å²) in [5.41, 5.74) is 3.46. The molecular weight excluding hydrogens is 360 g/mol. The molecule has 2 aromatic heterocycles. The lowest BCUT2D eigenvalue weighted by Crippen LogP contribution is -2.43. The van der Waals surface area contributed by atoms with E-state index >= 15 is 0 Å². The summed E-state index contributed by atoms with van der Waals surface area (Å²) in [6.07, 6.45) is 16.9. The average molecular weight is 395 g/mol. The van der Waals surface area contributed by atoms with Crippen molar-refractivity contribution in [3.05, 3.63) is 24.2 Å². The van der Waals surface area contributed by atoms with Crippen molar-refractivity contribution in [2.75, 3.05) is 18.4 Å². The second kappa shape index (κ2) is 8.42. The number of nitrogens with one attached hydrogen (secondary N) is 1. The molecule has 0 aromatic carbocycles. The summed E-state index contributed by atoms with van der Waals surface area (Å²) >= 11 is 0. The van der Waals surface area contributed by atoms with Gasteiger partial charge in [-0.3, -0.25) is 4.68 Å². The van der Waals surface area contributed by atoms with E-state index in [9.17, 15) is 0 Å². The van der Waals surface area contributed by atoms with Crippen molar-refractivity contribution in [2.45, 2.75) is 76.3 Å². The normalized spacial score (nSPS) is 25.8. The van der Waals surface area contributed by atoms with Gasteiger partial charge in [-0.1, -0.05) is 6.42 Å². The summed E-state index contributed by atoms with van der Waals surface area (Å²) < 4.78 is 2.02. The minimum Gasteiger partial charge on any atom is -0.351 e. The molecule has 1 aliphatic heterocycles. The van der Waals surface area contributed by atoms with Crippen molar-refractivity contribution < 1.29 is 0 Å². The van der Waals surface area contributed by atoms with Crippen LogP contribution in [0.25, 0.3) is 11.3 Å². The molecule has 3 fully saturated rings. The molecule has 0 spiro atoms. The molecule has 3 heterocycles. The molecular formula is C23H34N6. The van der Waals surface area contributed by atoms with E-state index in [1.165, 1.54) is 82.1 Å². The van der Waals surface area contributed by atoms with Crippen molar-refractivity contribution in [3.8, 4) is 11.3 Å². The van der Waals surface area contributed by atoms with Crippen LogP contribution in [0.1, 0.15) is 63.5 Å². The molecule has 0 bridgehead atoms. The van der Waals surface area contributed by atoms with E-state index in [1.807, 2.05) is 30.2 Å². The van der Waals surface area contributed by atoms with Crippen LogP contribution in [0.4, 0.5) is 5.95 Å². The molecule has 0 unspecified atom stereocenters. The highest BCUT2D eigenvalue weighted by Crippen LogP contribution is 2.35. The van der Waals surface area contributed by atoms with E-state index in [0.717, 1.165) is 30.0 Å². The summed E-state index contributed by atoms with van der Waals surface area (Å²) in [6, 6.07) is 3.30. The van der Waals surface area contributed by atoms with E-state index < -0.39 is 0 Å². The lowest BCUT2D eigenvalue weighted by Gasteiger charge is -2.39. The van der Waals surface area contributed by atoms with Crippen LogP contribution in [-0.4, -0.2) is 49.8 Å². The van der Waals surface area contributed by atoms with Crippen LogP contribution in [0.15, 0.2) is 18.5 Å². The highest BCUT2D eigenvalue weighted by atomic mass is 15.3. The minimum atomic E-state index is 0.492. The summed E-state index contributed by atoms with van der Waals surface area (Å²) in [5, 5.41) is 8.13. The number of likely N-dealkylation sites (tertiary alicyclic amines) is 1. The Bertz CT molecular complexity index is 813. The van der Waals surface area contributed by atoms with Gasteiger partial charge in [0.05, 0.1) is 11.9 Å². The van der Waals surface area contributed by atoms with Gasteiger partial charge >= 0.3 is 0 Å². The van der Waals surface area contributed by atoms with E-state index in [0.29, 0.717) is 6.04 Å². The molecule has 0 radical (unpaired) electrons. The zero-order chi connectivity index (χ0) is 19.6. The Morgan fingerprint density at radius 3 is 2.59 bits per heavy atom. The van der Waals surface area contributed by atoms with Crippen molar-refractivity contribution in [3.63, 3.8) is 0 Å². The molecule has 29 heavy (non-hydrogen) atoms. The zero-order valence-electron chi connectivity index (χ0n) is 17.7. The standard InChI is InChI=1S/C23H34N6/c1-28-22(15-17-5-6-17)20(16-25-28)21-11-12-24-23(27-21)26-18-7-9-19(10-8-18)29-13-3-2-4-14-29/h11-12,16-19H,2-10,13-15H2,1H3,(H,24,26,27)/t18-,19-. The highest BCUT2D eigenvalue weighted by molar-refractivity contribution is 5.62. The summed E-state index contributed by atoms with van der Waals surface area (Å²) in [7, 11) is 2.04. The number of hydrogen-bond donors (Lipinski definition) is 1. The van der Waals surface area contributed by atoms with Crippen molar-refractivity contribution >= 4 is 5.95 Å². The molecule has 1 N–H and O–H groups in total. The zero-order valence-corrected chi connectivity index (χ0v) is 17.7. The van der Waals surface area contributed by atoms with Gasteiger partial charge in [-0.2, -0.15) is 5.10 Å². The summed E-state index contributed by atoms with van der Waals surface area (Å²) in [6.45, 7) is 2.62. The van der Waals surface area contributed by atoms with Crippen LogP contribution in [0.5, 0.6) is 0 Å². The first-order chi connectivity index (χ1) is 14.3. The third-order valence-corrected chi connectivity index (χ3v) is 7.11. The Morgan fingerprint density at radius 2 is 1.83 bits per heavy atom. The predicted octanol–water partition coefficient (Wildman–Crippen LogP) is 4.04. The average Bonchev–Trinajstić information content (AvgIpc) is 3.51. The largest absolute Gasteiger partial charge is 0.351 e. The number of aryl methyl sites for hydroxylation is 1. The van der Waals surface area contributed by atoms with Gasteiger partial charge < -0.3 is 10.2 Å². The third kappa shape index (κ3) is 4.47. The monoisotopic (exact) mass is 394 g/mol. The van der Waals surface area contributed by atoms with Crippen molar-refractivity contribution in [2.24, 2.45) is 13.0 Å². The van der Waals surface area contributed by atoms with Gasteiger partial charge in [0.15, 0.2) is 0 Å². The van der Waals surface area contributed by atoms with Gasteiger partial charge in [0.2, 0.25) is 5.95 Å². The number of nitrogens with zero attached hydrogens (tertiary/aromatic N) is 5. The number of piperidine rings is 1. The summed E-state index contributed by atoms with van der Waals surface area (Å²) in [4.78, 5) is 12.1. The quantitative estimate of drug-likeness (QED) is 0.801. The first kappa shape index (κ1) is 19.0. The maximum atomic E-state index is 4.86. The molecule has 2 aliphatic carbocycles. The molecule has 6 nitrogen and oxygen atoms in total. The smallest absolute Gasteiger partial charge is 0.223 e. The molecule has 2 saturated carbocycles. The molecule has 2 aromatic rings. The SMILES string of the molecule is Cn1ncc(-c2ccnc(N[C@H]3CC[C@H](N4CCCCC4)CC3)n2)c1CC1CC1. The predicted molar refractivity (Wildman–Crippen MR) is 116 cm³/mol. The Balaban J connectivity index is 1.22. The maximum absolute atomic E-state index is 4.86. The fourth-order valence-electron chi connectivity index (χ4n) is 5.14. The number of rotatable bonds is 6. The lowest BCUT2D eigenvalue weighted by atomic mass is 9.89. The van der Waals surface area contributed by atoms with Crippen LogP contribution in [-0.2, 0) is 13.5 Å². The first-order valence-electron chi connectivity index (χ1n) is 11.6. The van der Waals surface area contributed by atoms with Gasteiger partial charge in [-0.05, 0) is 82.9 Å². The van der Waals surface area contributed by atoms with Gasteiger partial charge in [0.1, 0.15) is 0 Å². The van der Waals surface area contributed by atoms with Crippen LogP contribution in [0.3, 0.4) is 0 Å². The topological polar surface area (TPSA) is 58.9 Å². The molecule has 0 amide bonds. The van der Waals surface area contributed by atoms with Gasteiger partial charge in [0.25, 0.3) is 0 Å². The first-order valence-corrected chi connectivity index (χ1v) is 11.6. The Hall–Kier alpha value is -1.95. The molecule has 6 heteroatoms. The Kier molecular flexibility index (Phi) is 5.53. The van der Waals surface area contributed by atoms with E-state index in [2.05, 4.69) is 20.3 Å². The van der Waals surface area contributed by atoms with Gasteiger partial charge in [-0.15, -0.1) is 0 Å². The second-order valence-electron chi connectivity index (χ2n) is 9.29. The van der Waals surface area contributed by atoms with Gasteiger partial charge in [0, 0.05) is 36.6 Å². The molecule has 0 atom stereocenters. The number of hydrogen-bond acceptors (Lipinski definition) is 5. The molecule has 156 valence electrons.